The van der Waals surface area contributed by atoms with E-state index in [0.717, 1.165) is 50.1 Å². The Hall–Kier alpha value is -6.71. The molecule has 0 spiro atoms. The van der Waals surface area contributed by atoms with Crippen LogP contribution in [0.1, 0.15) is 88.6 Å². The maximum absolute atomic E-state index is 8.09. The molecule has 3 unspecified atom stereocenters. The topological polar surface area (TPSA) is 27.7 Å². The molecule has 332 valence electrons. The molecule has 0 radical (unpaired) electrons. The third-order valence-electron chi connectivity index (χ3n) is 13.3. The van der Waals surface area contributed by atoms with Crippen molar-refractivity contribution in [1.29, 1.82) is 0 Å². The minimum Gasteiger partial charge on any atom is -0.300 e. The van der Waals surface area contributed by atoms with Crippen LogP contribution in [0.5, 0.6) is 0 Å². The fraction of sp³-hybridized carbons (Fsp3) is 0.143. The van der Waals surface area contributed by atoms with Gasteiger partial charge in [0, 0.05) is 17.8 Å². The average molecular weight is 893 g/mol. The van der Waals surface area contributed by atoms with Gasteiger partial charge in [0.25, 0.3) is 0 Å². The van der Waals surface area contributed by atoms with Crippen molar-refractivity contribution in [3.8, 4) is 0 Å². The quantitative estimate of drug-likeness (QED) is 0.0803. The Labute approximate surface area is 398 Å². The van der Waals surface area contributed by atoms with Crippen LogP contribution in [0.4, 0.5) is 0 Å². The summed E-state index contributed by atoms with van der Waals surface area (Å²) < 4.78 is 24.3. The summed E-state index contributed by atoms with van der Waals surface area (Å²) >= 11 is 0. The van der Waals surface area contributed by atoms with Gasteiger partial charge in [-0.2, -0.15) is 0 Å². The maximum atomic E-state index is 8.09. The van der Waals surface area contributed by atoms with E-state index in [0.29, 0.717) is 0 Å². The summed E-state index contributed by atoms with van der Waals surface area (Å²) in [5, 5.41) is 0. The van der Waals surface area contributed by atoms with Crippen molar-refractivity contribution in [3.05, 3.63) is 323 Å². The number of hydrogen-bond acceptors (Lipinski definition) is 3. The van der Waals surface area contributed by atoms with Crippen molar-refractivity contribution in [2.75, 3.05) is 0 Å². The first kappa shape index (κ1) is 45.4. The standard InChI is InChI=1S/C63H57O3P/c1-61(55-43-25-10-26-44-55,58(49-31-13-4-14-32-49)50-33-15-5-16-34-50)64-67(65-62(2,56-45-27-11-28-46-56)59(51-35-17-6-18-36-51)52-37-19-7-20-38-52)66-63(3,57-47-29-12-30-48-57)60(53-39-21-8-22-40-53)54-41-23-9-24-42-54/h4-48,58-60H,1-3H3. The first-order chi connectivity index (χ1) is 32.9. The molecule has 4 heteroatoms. The van der Waals surface area contributed by atoms with E-state index < -0.39 is 25.4 Å². The first-order valence-corrected chi connectivity index (χ1v) is 24.3. The summed E-state index contributed by atoms with van der Waals surface area (Å²) in [7, 11) is -2.34. The Morgan fingerprint density at radius 1 is 0.239 bits per heavy atom. The van der Waals surface area contributed by atoms with Gasteiger partial charge in [-0.1, -0.05) is 273 Å². The van der Waals surface area contributed by atoms with Crippen LogP contribution in [-0.2, 0) is 30.4 Å². The SMILES string of the molecule is CC(OP(OC(C)(c1ccccc1)C(c1ccccc1)c1ccccc1)OC(C)(c1ccccc1)C(c1ccccc1)c1ccccc1)(c1ccccc1)C(c1ccccc1)c1ccccc1. The highest BCUT2D eigenvalue weighted by Gasteiger charge is 2.51. The summed E-state index contributed by atoms with van der Waals surface area (Å²) in [4.78, 5) is 0. The summed E-state index contributed by atoms with van der Waals surface area (Å²) in [5.41, 5.74) is 6.55. The molecule has 0 saturated heterocycles. The van der Waals surface area contributed by atoms with Crippen LogP contribution in [0.2, 0.25) is 0 Å². The summed E-state index contributed by atoms with van der Waals surface area (Å²) in [6.07, 6.45) is 0. The lowest BCUT2D eigenvalue weighted by atomic mass is 9.75. The van der Waals surface area contributed by atoms with Gasteiger partial charge >= 0.3 is 8.60 Å². The van der Waals surface area contributed by atoms with Crippen molar-refractivity contribution < 1.29 is 13.6 Å². The van der Waals surface area contributed by atoms with Gasteiger partial charge in [-0.05, 0) is 70.8 Å². The highest BCUT2D eigenvalue weighted by Crippen LogP contribution is 2.64. The van der Waals surface area contributed by atoms with E-state index in [4.69, 9.17) is 13.6 Å². The molecule has 0 saturated carbocycles. The van der Waals surface area contributed by atoms with Crippen molar-refractivity contribution in [2.24, 2.45) is 0 Å². The fourth-order valence-corrected chi connectivity index (χ4v) is 11.7. The minimum absolute atomic E-state index is 0.279. The highest BCUT2D eigenvalue weighted by atomic mass is 31.2. The summed E-state index contributed by atoms with van der Waals surface area (Å²) in [6, 6.07) is 96.0. The predicted octanol–water partition coefficient (Wildman–Crippen LogP) is 16.5. The average Bonchev–Trinajstić information content (AvgIpc) is 3.39. The van der Waals surface area contributed by atoms with E-state index in [-0.39, 0.29) is 17.8 Å². The molecule has 3 nitrogen and oxygen atoms in total. The van der Waals surface area contributed by atoms with Gasteiger partial charge in [-0.15, -0.1) is 0 Å². The van der Waals surface area contributed by atoms with E-state index in [2.05, 4.69) is 294 Å². The van der Waals surface area contributed by atoms with Crippen molar-refractivity contribution in [2.45, 2.75) is 55.3 Å². The molecule has 0 N–H and O–H groups in total. The van der Waals surface area contributed by atoms with Gasteiger partial charge in [0.05, 0.1) is 0 Å². The summed E-state index contributed by atoms with van der Waals surface area (Å²) in [6.45, 7) is 6.64. The second-order valence-corrected chi connectivity index (χ2v) is 18.7. The smallest absolute Gasteiger partial charge is 0.300 e. The molecule has 0 bridgehead atoms. The molecule has 0 heterocycles. The van der Waals surface area contributed by atoms with Crippen LogP contribution in [0.15, 0.2) is 273 Å². The van der Waals surface area contributed by atoms with Gasteiger partial charge in [-0.3, -0.25) is 13.6 Å². The minimum atomic E-state index is -2.34. The van der Waals surface area contributed by atoms with Crippen LogP contribution < -0.4 is 0 Å². The molecule has 0 aromatic heterocycles. The van der Waals surface area contributed by atoms with Crippen LogP contribution in [0.3, 0.4) is 0 Å². The van der Waals surface area contributed by atoms with Crippen LogP contribution in [0, 0.1) is 0 Å². The third-order valence-corrected chi connectivity index (χ3v) is 14.9. The van der Waals surface area contributed by atoms with Gasteiger partial charge in [-0.25, -0.2) is 0 Å². The molecule has 0 aliphatic carbocycles. The highest BCUT2D eigenvalue weighted by molar-refractivity contribution is 7.41. The fourth-order valence-electron chi connectivity index (χ4n) is 10.0. The zero-order valence-corrected chi connectivity index (χ0v) is 39.3. The molecule has 9 aromatic carbocycles. The van der Waals surface area contributed by atoms with Crippen LogP contribution in [-0.4, -0.2) is 0 Å². The second-order valence-electron chi connectivity index (χ2n) is 17.7. The van der Waals surface area contributed by atoms with E-state index in [1.165, 1.54) is 0 Å². The van der Waals surface area contributed by atoms with Crippen LogP contribution in [0.25, 0.3) is 0 Å². The van der Waals surface area contributed by atoms with Crippen molar-refractivity contribution in [3.63, 3.8) is 0 Å². The van der Waals surface area contributed by atoms with Gasteiger partial charge in [0.15, 0.2) is 0 Å². The van der Waals surface area contributed by atoms with E-state index in [9.17, 15) is 0 Å². The second kappa shape index (κ2) is 20.9. The lowest BCUT2D eigenvalue weighted by Gasteiger charge is -2.47. The number of benzene rings is 9. The molecule has 0 aliphatic rings. The third kappa shape index (κ3) is 9.89. The van der Waals surface area contributed by atoms with Gasteiger partial charge < -0.3 is 0 Å². The molecule has 0 fully saturated rings. The lowest BCUT2D eigenvalue weighted by Crippen LogP contribution is -2.39. The Kier molecular flexibility index (Phi) is 14.1. The maximum Gasteiger partial charge on any atom is 0.335 e. The Balaban J connectivity index is 1.32. The Morgan fingerprint density at radius 3 is 0.552 bits per heavy atom. The summed E-state index contributed by atoms with van der Waals surface area (Å²) in [5.74, 6) is -0.837. The molecule has 9 rings (SSSR count). The predicted molar refractivity (Wildman–Crippen MR) is 276 cm³/mol. The largest absolute Gasteiger partial charge is 0.335 e. The number of rotatable bonds is 18. The molecular formula is C63H57O3P. The van der Waals surface area contributed by atoms with E-state index in [1.54, 1.807) is 0 Å². The lowest BCUT2D eigenvalue weighted by molar-refractivity contribution is -0.0493. The van der Waals surface area contributed by atoms with Gasteiger partial charge in [0.2, 0.25) is 0 Å². The normalized spacial score (nSPS) is 14.8. The zero-order valence-electron chi connectivity index (χ0n) is 38.4. The monoisotopic (exact) mass is 892 g/mol. The number of hydrogen-bond donors (Lipinski definition) is 0. The molecule has 3 atom stereocenters. The molecule has 0 amide bonds. The molecule has 67 heavy (non-hydrogen) atoms. The van der Waals surface area contributed by atoms with Crippen molar-refractivity contribution >= 4 is 8.60 Å². The zero-order chi connectivity index (χ0) is 45.9. The first-order valence-electron chi connectivity index (χ1n) is 23.2. The van der Waals surface area contributed by atoms with E-state index >= 15 is 0 Å². The van der Waals surface area contributed by atoms with Crippen LogP contribution >= 0.6 is 8.60 Å². The van der Waals surface area contributed by atoms with Gasteiger partial charge in [0.1, 0.15) is 16.8 Å². The Bertz CT molecular complexity index is 2420. The van der Waals surface area contributed by atoms with Crippen molar-refractivity contribution in [1.82, 2.24) is 0 Å². The van der Waals surface area contributed by atoms with E-state index in [1.807, 2.05) is 0 Å². The molecule has 0 aliphatic heterocycles. The molecular weight excluding hydrogens is 836 g/mol. The Morgan fingerprint density at radius 2 is 0.388 bits per heavy atom. The molecule has 9 aromatic rings.